The second-order valence-corrected chi connectivity index (χ2v) is 14.2. The van der Waals surface area contributed by atoms with Crippen LogP contribution in [0.3, 0.4) is 0 Å². The first kappa shape index (κ1) is 30.8. The number of hydrogen-bond donors (Lipinski definition) is 1. The summed E-state index contributed by atoms with van der Waals surface area (Å²) in [6, 6.07) is 35.9. The number of nitrogens with zero attached hydrogens (tertiary/aromatic N) is 1. The molecule has 2 nitrogen and oxygen atoms in total. The summed E-state index contributed by atoms with van der Waals surface area (Å²) in [7, 11) is 9.87. The molecule has 1 saturated carbocycles. The first-order chi connectivity index (χ1) is 19.6. The number of rotatable bonds is 6. The van der Waals surface area contributed by atoms with Crippen molar-refractivity contribution in [2.75, 3.05) is 0 Å². The summed E-state index contributed by atoms with van der Waals surface area (Å²) in [5.74, 6) is 0.311. The van der Waals surface area contributed by atoms with Crippen LogP contribution in [0.15, 0.2) is 108 Å². The standard InChI is InChI=1S/C35H37NO.2ClH.Zr/c1-35(28-18-10-6-11-19-28,29-20-12-7-13-21-29)33-25-24-31(27-16-8-5-9-17-27)32(34(33)37)26-36-30-22-14-3-2-4-15-23-30;;;/h5-13,16-21,24-26,30,37H,2-4,14-15,22-23H2,1H3;2*1H;/q;;;+2/p-2. The van der Waals surface area contributed by atoms with E-state index in [2.05, 4.69) is 79.7 Å². The first-order valence-electron chi connectivity index (χ1n) is 14.1. The fourth-order valence-corrected chi connectivity index (χ4v) is 5.80. The van der Waals surface area contributed by atoms with Crippen molar-refractivity contribution in [3.8, 4) is 16.9 Å². The molecule has 0 heterocycles. The maximum absolute atomic E-state index is 12.0. The molecule has 5 heteroatoms. The normalized spacial score (nSPS) is 14.6. The molecule has 1 aliphatic rings. The Morgan fingerprint density at radius 1 is 0.725 bits per heavy atom. The Balaban J connectivity index is 0.00000118. The van der Waals surface area contributed by atoms with Gasteiger partial charge in [0.25, 0.3) is 0 Å². The van der Waals surface area contributed by atoms with E-state index in [1.165, 1.54) is 32.1 Å². The van der Waals surface area contributed by atoms with E-state index in [0.29, 0.717) is 11.8 Å². The van der Waals surface area contributed by atoms with Gasteiger partial charge >= 0.3 is 37.9 Å². The number of phenolic OH excluding ortho intramolecular Hbond substituents is 1. The van der Waals surface area contributed by atoms with Crippen molar-refractivity contribution in [1.29, 1.82) is 0 Å². The van der Waals surface area contributed by atoms with E-state index in [1.807, 2.05) is 36.5 Å². The van der Waals surface area contributed by atoms with Crippen LogP contribution in [-0.2, 0) is 26.3 Å². The number of aliphatic imine (C=N–C) groups is 1. The number of halogens is 2. The molecule has 5 rings (SSSR count). The van der Waals surface area contributed by atoms with E-state index < -0.39 is 26.3 Å². The summed E-state index contributed by atoms with van der Waals surface area (Å²) in [5, 5.41) is 12.0. The van der Waals surface area contributed by atoms with Gasteiger partial charge in [0.05, 0.1) is 0 Å². The van der Waals surface area contributed by atoms with E-state index >= 15 is 0 Å². The van der Waals surface area contributed by atoms with Gasteiger partial charge in [-0.3, -0.25) is 4.99 Å². The second kappa shape index (κ2) is 15.7. The summed E-state index contributed by atoms with van der Waals surface area (Å²) < 4.78 is 0. The Kier molecular flexibility index (Phi) is 12.1. The second-order valence-electron chi connectivity index (χ2n) is 10.5. The van der Waals surface area contributed by atoms with Crippen LogP contribution >= 0.6 is 17.0 Å². The van der Waals surface area contributed by atoms with Crippen molar-refractivity contribution in [2.45, 2.75) is 63.3 Å². The average molecular weight is 650 g/mol. The number of aromatic hydroxyl groups is 1. The fourth-order valence-electron chi connectivity index (χ4n) is 5.80. The van der Waals surface area contributed by atoms with Crippen LogP contribution in [0, 0.1) is 0 Å². The van der Waals surface area contributed by atoms with Crippen molar-refractivity contribution < 1.29 is 26.0 Å². The molecule has 0 aliphatic heterocycles. The van der Waals surface area contributed by atoms with Gasteiger partial charge in [-0.25, -0.2) is 0 Å². The molecule has 0 amide bonds. The van der Waals surface area contributed by atoms with Crippen LogP contribution in [0.1, 0.15) is 74.1 Å². The van der Waals surface area contributed by atoms with Gasteiger partial charge in [0.2, 0.25) is 0 Å². The van der Waals surface area contributed by atoms with Gasteiger partial charge in [0, 0.05) is 28.8 Å². The fraction of sp³-hybridized carbons (Fsp3) is 0.286. The third-order valence-corrected chi connectivity index (χ3v) is 8.03. The Morgan fingerprint density at radius 3 is 1.73 bits per heavy atom. The van der Waals surface area contributed by atoms with E-state index in [1.54, 1.807) is 0 Å². The molecule has 40 heavy (non-hydrogen) atoms. The van der Waals surface area contributed by atoms with Crippen molar-refractivity contribution in [3.05, 3.63) is 125 Å². The number of benzene rings is 4. The van der Waals surface area contributed by atoms with Crippen LogP contribution in [0.2, 0.25) is 0 Å². The Morgan fingerprint density at radius 2 is 1.20 bits per heavy atom. The van der Waals surface area contributed by atoms with Gasteiger partial charge < -0.3 is 5.11 Å². The molecule has 1 fully saturated rings. The monoisotopic (exact) mass is 647 g/mol. The summed E-state index contributed by atoms with van der Waals surface area (Å²) >= 11 is -0.826. The van der Waals surface area contributed by atoms with Crippen molar-refractivity contribution in [1.82, 2.24) is 0 Å². The predicted molar refractivity (Wildman–Crippen MR) is 167 cm³/mol. The molecule has 4 aromatic carbocycles. The molecule has 4 aromatic rings. The molecule has 0 saturated heterocycles. The van der Waals surface area contributed by atoms with Crippen LogP contribution in [-0.4, -0.2) is 17.4 Å². The molecular formula is C35H37Cl2NOZr. The van der Waals surface area contributed by atoms with Crippen LogP contribution in [0.5, 0.6) is 5.75 Å². The topological polar surface area (TPSA) is 32.6 Å². The quantitative estimate of drug-likeness (QED) is 0.164. The minimum atomic E-state index is -0.826. The Labute approximate surface area is 258 Å². The zero-order valence-corrected chi connectivity index (χ0v) is 27.0. The molecule has 0 aromatic heterocycles. The van der Waals surface area contributed by atoms with E-state index in [4.69, 9.17) is 22.0 Å². The summed E-state index contributed by atoms with van der Waals surface area (Å²) in [6.07, 6.45) is 10.6. The molecule has 206 valence electrons. The predicted octanol–water partition coefficient (Wildman–Crippen LogP) is 10.3. The van der Waals surface area contributed by atoms with Gasteiger partial charge in [-0.05, 0) is 42.0 Å². The van der Waals surface area contributed by atoms with Crippen molar-refractivity contribution in [2.24, 2.45) is 4.99 Å². The van der Waals surface area contributed by atoms with E-state index in [0.717, 1.165) is 46.2 Å². The Hall–Kier alpha value is -2.19. The van der Waals surface area contributed by atoms with Gasteiger partial charge in [-0.2, -0.15) is 0 Å². The third-order valence-electron chi connectivity index (χ3n) is 8.03. The SMILES string of the molecule is CC(c1ccccc1)(c1ccccc1)c1ccc(-c2ccccc2)c(C=NC2CCCCCCC2)c1O.[Cl][Zr][Cl]. The zero-order valence-electron chi connectivity index (χ0n) is 23.1. The van der Waals surface area contributed by atoms with Crippen LogP contribution in [0.4, 0.5) is 0 Å². The summed E-state index contributed by atoms with van der Waals surface area (Å²) in [5.41, 5.74) is 5.57. The third kappa shape index (κ3) is 7.55. The molecule has 1 aliphatic carbocycles. The minimum absolute atomic E-state index is 0.311. The van der Waals surface area contributed by atoms with E-state index in [9.17, 15) is 5.11 Å². The summed E-state index contributed by atoms with van der Waals surface area (Å²) in [6.45, 7) is 2.21. The zero-order chi connectivity index (χ0) is 28.2. The molecule has 0 spiro atoms. The molecule has 0 atom stereocenters. The molecule has 0 unspecified atom stereocenters. The van der Waals surface area contributed by atoms with Gasteiger partial charge in [-0.1, -0.05) is 135 Å². The van der Waals surface area contributed by atoms with Gasteiger partial charge in [-0.15, -0.1) is 0 Å². The van der Waals surface area contributed by atoms with Crippen LogP contribution in [0.25, 0.3) is 11.1 Å². The summed E-state index contributed by atoms with van der Waals surface area (Å²) in [4.78, 5) is 5.09. The van der Waals surface area contributed by atoms with E-state index in [-0.39, 0.29) is 0 Å². The average Bonchev–Trinajstić information content (AvgIpc) is 2.98. The van der Waals surface area contributed by atoms with Crippen LogP contribution < -0.4 is 0 Å². The van der Waals surface area contributed by atoms with Gasteiger partial charge in [0.1, 0.15) is 5.75 Å². The molecule has 0 radical (unpaired) electrons. The maximum atomic E-state index is 12.0. The molecular weight excluding hydrogens is 613 g/mol. The van der Waals surface area contributed by atoms with Gasteiger partial charge in [0.15, 0.2) is 0 Å². The number of phenols is 1. The molecule has 1 N–H and O–H groups in total. The first-order valence-corrected chi connectivity index (χ1v) is 20.4. The molecule has 0 bridgehead atoms. The Bertz CT molecular complexity index is 1300. The number of hydrogen-bond acceptors (Lipinski definition) is 2. The van der Waals surface area contributed by atoms with Crippen molar-refractivity contribution in [3.63, 3.8) is 0 Å². The van der Waals surface area contributed by atoms with Crippen molar-refractivity contribution >= 4 is 23.2 Å².